The van der Waals surface area contributed by atoms with Crippen molar-refractivity contribution >= 4 is 28.1 Å². The minimum absolute atomic E-state index is 0.265. The molecule has 8 rings (SSSR count). The average Bonchev–Trinajstić information content (AvgIpc) is 3.20. The Morgan fingerprint density at radius 1 is 0.560 bits per heavy atom. The molecule has 5 nitrogen and oxygen atoms in total. The number of fused-ring (bicyclic) bond motifs is 1. The van der Waals surface area contributed by atoms with Gasteiger partial charge in [-0.1, -0.05) is 140 Å². The molecule has 0 radical (unpaired) electrons. The molecule has 0 fully saturated rings. The van der Waals surface area contributed by atoms with Gasteiger partial charge in [0, 0.05) is 16.7 Å². The van der Waals surface area contributed by atoms with Crippen LogP contribution in [0.25, 0.3) is 49.0 Å². The van der Waals surface area contributed by atoms with Crippen molar-refractivity contribution in [3.05, 3.63) is 197 Å². The third-order valence-electron chi connectivity index (χ3n) is 8.97. The summed E-state index contributed by atoms with van der Waals surface area (Å²) >= 11 is 0. The molecule has 5 heteroatoms. The topological polar surface area (TPSA) is 64.9 Å². The number of amidine groups is 2. The Morgan fingerprint density at radius 3 is 1.88 bits per heavy atom. The van der Waals surface area contributed by atoms with Crippen LogP contribution in [-0.4, -0.2) is 11.7 Å². The maximum atomic E-state index is 9.45. The van der Waals surface area contributed by atoms with Gasteiger partial charge in [-0.2, -0.15) is 5.26 Å². The van der Waals surface area contributed by atoms with E-state index in [-0.39, 0.29) is 6.17 Å². The van der Waals surface area contributed by atoms with Gasteiger partial charge in [-0.3, -0.25) is 0 Å². The number of hydrogen-bond acceptors (Lipinski definition) is 4. The van der Waals surface area contributed by atoms with Crippen LogP contribution in [0.15, 0.2) is 174 Å². The minimum Gasteiger partial charge on any atom is -0.344 e. The highest BCUT2D eigenvalue weighted by atomic mass is 15.2. The van der Waals surface area contributed by atoms with Gasteiger partial charge in [-0.15, -0.1) is 0 Å². The molecule has 0 aromatic heterocycles. The number of benzene rings is 7. The SMILES string of the molecule is [C-]#[N+]c1cc(C#N)cc(-c2ccc(-c3ccc(-c4cccc(C5=NC(c6ccccc6)NC(c6ccccc6)=N5)c4)c4ccccc34)cc2)c1. The summed E-state index contributed by atoms with van der Waals surface area (Å²) in [5, 5.41) is 15.3. The fourth-order valence-electron chi connectivity index (χ4n) is 6.50. The molecule has 0 aliphatic carbocycles. The van der Waals surface area contributed by atoms with Gasteiger partial charge < -0.3 is 5.32 Å². The lowest BCUT2D eigenvalue weighted by molar-refractivity contribution is 0.674. The minimum atomic E-state index is -0.265. The van der Waals surface area contributed by atoms with Gasteiger partial charge in [0.05, 0.1) is 12.6 Å². The van der Waals surface area contributed by atoms with Crippen LogP contribution in [0.1, 0.15) is 28.4 Å². The lowest BCUT2D eigenvalue weighted by atomic mass is 9.91. The monoisotopic (exact) mass is 639 g/mol. The highest BCUT2D eigenvalue weighted by Gasteiger charge is 2.21. The predicted octanol–water partition coefficient (Wildman–Crippen LogP) is 10.8. The summed E-state index contributed by atoms with van der Waals surface area (Å²) in [6.45, 7) is 7.42. The van der Waals surface area contributed by atoms with Crippen molar-refractivity contribution in [1.82, 2.24) is 5.32 Å². The fraction of sp³-hybridized carbons (Fsp3) is 0.0222. The van der Waals surface area contributed by atoms with E-state index in [1.807, 2.05) is 48.5 Å². The van der Waals surface area contributed by atoms with Gasteiger partial charge in [0.25, 0.3) is 0 Å². The van der Waals surface area contributed by atoms with Crippen molar-refractivity contribution in [2.24, 2.45) is 9.98 Å². The summed E-state index contributed by atoms with van der Waals surface area (Å²) in [5.41, 5.74) is 10.2. The molecule has 1 aliphatic heterocycles. The zero-order chi connectivity index (χ0) is 33.9. The molecule has 1 N–H and O–H groups in total. The van der Waals surface area contributed by atoms with Crippen LogP contribution in [0.4, 0.5) is 5.69 Å². The molecule has 0 amide bonds. The number of nitriles is 1. The predicted molar refractivity (Wildman–Crippen MR) is 203 cm³/mol. The zero-order valence-electron chi connectivity index (χ0n) is 27.0. The fourth-order valence-corrected chi connectivity index (χ4v) is 6.50. The van der Waals surface area contributed by atoms with Crippen molar-refractivity contribution in [2.75, 3.05) is 0 Å². The first-order chi connectivity index (χ1) is 24.7. The van der Waals surface area contributed by atoms with E-state index in [9.17, 15) is 5.26 Å². The van der Waals surface area contributed by atoms with Gasteiger partial charge in [0.1, 0.15) is 12.0 Å². The first-order valence-corrected chi connectivity index (χ1v) is 16.4. The summed E-state index contributed by atoms with van der Waals surface area (Å²) in [4.78, 5) is 13.7. The molecule has 7 aromatic rings. The largest absolute Gasteiger partial charge is 0.344 e. The Hall–Kier alpha value is -7.08. The third kappa shape index (κ3) is 5.92. The van der Waals surface area contributed by atoms with Crippen LogP contribution in [-0.2, 0) is 0 Å². The van der Waals surface area contributed by atoms with E-state index < -0.39 is 0 Å². The number of rotatable bonds is 6. The standard InChI is InChI=1S/C45H29N5/c1-47-38-26-30(29-46)25-37(28-38)31-19-21-32(22-20-31)39-23-24-40(42-18-9-8-17-41(39)42)35-15-10-16-36(27-35)45-49-43(33-11-4-2-5-12-33)48-44(50-45)34-13-6-3-7-14-34/h2-28,43H,(H,48,49,50). The van der Waals surface area contributed by atoms with Crippen molar-refractivity contribution in [3.8, 4) is 39.4 Å². The maximum absolute atomic E-state index is 9.45. The summed E-state index contributed by atoms with van der Waals surface area (Å²) in [6, 6.07) is 57.5. The molecule has 1 heterocycles. The summed E-state index contributed by atoms with van der Waals surface area (Å²) in [7, 11) is 0. The average molecular weight is 640 g/mol. The van der Waals surface area contributed by atoms with Crippen LogP contribution in [0, 0.1) is 17.9 Å². The highest BCUT2D eigenvalue weighted by Crippen LogP contribution is 2.37. The number of hydrogen-bond donors (Lipinski definition) is 1. The second-order valence-corrected chi connectivity index (χ2v) is 12.1. The van der Waals surface area contributed by atoms with E-state index >= 15 is 0 Å². The Labute approximate surface area is 291 Å². The second-order valence-electron chi connectivity index (χ2n) is 12.1. The third-order valence-corrected chi connectivity index (χ3v) is 8.97. The molecule has 0 saturated heterocycles. The number of nitrogens with one attached hydrogen (secondary N) is 1. The first-order valence-electron chi connectivity index (χ1n) is 16.4. The van der Waals surface area contributed by atoms with E-state index in [4.69, 9.17) is 16.6 Å². The Bertz CT molecular complexity index is 2490. The van der Waals surface area contributed by atoms with Gasteiger partial charge >= 0.3 is 0 Å². The van der Waals surface area contributed by atoms with Gasteiger partial charge in [-0.05, 0) is 74.0 Å². The van der Waals surface area contributed by atoms with Gasteiger partial charge in [0.15, 0.2) is 11.5 Å². The molecule has 234 valence electrons. The van der Waals surface area contributed by atoms with E-state index in [2.05, 4.69) is 125 Å². The Morgan fingerprint density at radius 2 is 1.18 bits per heavy atom. The quantitative estimate of drug-likeness (QED) is 0.184. The normalized spacial score (nSPS) is 13.8. The molecule has 1 unspecified atom stereocenters. The summed E-state index contributed by atoms with van der Waals surface area (Å²) in [6.07, 6.45) is -0.265. The van der Waals surface area contributed by atoms with Crippen molar-refractivity contribution in [2.45, 2.75) is 6.17 Å². The lowest BCUT2D eigenvalue weighted by Crippen LogP contribution is -2.33. The zero-order valence-corrected chi connectivity index (χ0v) is 27.0. The van der Waals surface area contributed by atoms with E-state index in [0.29, 0.717) is 17.1 Å². The van der Waals surface area contributed by atoms with E-state index in [0.717, 1.165) is 66.7 Å². The van der Waals surface area contributed by atoms with Gasteiger partial charge in [0.2, 0.25) is 0 Å². The van der Waals surface area contributed by atoms with Crippen molar-refractivity contribution in [1.29, 1.82) is 5.26 Å². The van der Waals surface area contributed by atoms with Crippen LogP contribution in [0.2, 0.25) is 0 Å². The van der Waals surface area contributed by atoms with E-state index in [1.165, 1.54) is 0 Å². The Balaban J connectivity index is 1.17. The van der Waals surface area contributed by atoms with Crippen molar-refractivity contribution in [3.63, 3.8) is 0 Å². The highest BCUT2D eigenvalue weighted by molar-refractivity contribution is 6.13. The number of aliphatic imine (C=N–C) groups is 2. The molecule has 50 heavy (non-hydrogen) atoms. The molecular formula is C45H29N5. The Kier molecular flexibility index (Phi) is 7.99. The van der Waals surface area contributed by atoms with Crippen molar-refractivity contribution < 1.29 is 0 Å². The van der Waals surface area contributed by atoms with Crippen LogP contribution in [0.5, 0.6) is 0 Å². The number of nitrogens with zero attached hydrogens (tertiary/aromatic N) is 4. The molecule has 0 spiro atoms. The smallest absolute Gasteiger partial charge is 0.189 e. The molecule has 1 atom stereocenters. The lowest BCUT2D eigenvalue weighted by Gasteiger charge is -2.23. The first kappa shape index (κ1) is 30.3. The summed E-state index contributed by atoms with van der Waals surface area (Å²) in [5.74, 6) is 1.48. The molecule has 7 aromatic carbocycles. The molecular weight excluding hydrogens is 611 g/mol. The maximum Gasteiger partial charge on any atom is 0.189 e. The molecule has 0 bridgehead atoms. The molecule has 1 aliphatic rings. The van der Waals surface area contributed by atoms with Gasteiger partial charge in [-0.25, -0.2) is 14.8 Å². The van der Waals surface area contributed by atoms with Crippen LogP contribution >= 0.6 is 0 Å². The second kappa shape index (κ2) is 13.2. The summed E-state index contributed by atoms with van der Waals surface area (Å²) < 4.78 is 0. The van der Waals surface area contributed by atoms with Crippen LogP contribution < -0.4 is 5.32 Å². The molecule has 0 saturated carbocycles. The van der Waals surface area contributed by atoms with E-state index in [1.54, 1.807) is 6.07 Å². The van der Waals surface area contributed by atoms with Crippen LogP contribution in [0.3, 0.4) is 0 Å².